The van der Waals surface area contributed by atoms with Crippen molar-refractivity contribution in [2.24, 2.45) is 0 Å². The van der Waals surface area contributed by atoms with Crippen molar-refractivity contribution in [2.75, 3.05) is 19.5 Å². The lowest BCUT2D eigenvalue weighted by Gasteiger charge is -2.13. The number of benzene rings is 3. The summed E-state index contributed by atoms with van der Waals surface area (Å²) in [4.78, 5) is 21.7. The third-order valence-electron chi connectivity index (χ3n) is 5.97. The van der Waals surface area contributed by atoms with Gasteiger partial charge in [0.25, 0.3) is 5.91 Å². The summed E-state index contributed by atoms with van der Waals surface area (Å²) in [5, 5.41) is 7.59. The highest BCUT2D eigenvalue weighted by molar-refractivity contribution is 6.30. The van der Waals surface area contributed by atoms with Gasteiger partial charge in [0.15, 0.2) is 11.5 Å². The van der Waals surface area contributed by atoms with Crippen LogP contribution in [0.15, 0.2) is 91.3 Å². The molecule has 0 spiro atoms. The van der Waals surface area contributed by atoms with E-state index < -0.39 is 0 Å². The lowest BCUT2D eigenvalue weighted by Crippen LogP contribution is -2.24. The summed E-state index contributed by atoms with van der Waals surface area (Å²) in [6.07, 6.45) is 3.31. The molecule has 0 radical (unpaired) electrons. The van der Waals surface area contributed by atoms with Gasteiger partial charge in [0, 0.05) is 41.1 Å². The van der Waals surface area contributed by atoms with Gasteiger partial charge in [0.1, 0.15) is 17.3 Å². The maximum Gasteiger partial charge on any atom is 0.255 e. The molecule has 2 heterocycles. The molecule has 0 fully saturated rings. The summed E-state index contributed by atoms with van der Waals surface area (Å²) in [5.41, 5.74) is 2.85. The maximum atomic E-state index is 12.9. The van der Waals surface area contributed by atoms with Crippen LogP contribution in [0.4, 0.5) is 11.5 Å². The van der Waals surface area contributed by atoms with E-state index in [-0.39, 0.29) is 5.91 Å². The highest BCUT2D eigenvalue weighted by Gasteiger charge is 2.14. The van der Waals surface area contributed by atoms with Crippen LogP contribution in [0.5, 0.6) is 23.0 Å². The van der Waals surface area contributed by atoms with Crippen LogP contribution >= 0.6 is 11.6 Å². The van der Waals surface area contributed by atoms with Crippen molar-refractivity contribution in [1.82, 2.24) is 15.3 Å². The SMILES string of the molecule is COc1cc2nccc(Oc3ccc(Nc4ncccc4C(=O)NCc4ccc(Cl)cc4)cc3)c2cc1OC. The normalized spacial score (nSPS) is 10.6. The molecule has 9 heteroatoms. The van der Waals surface area contributed by atoms with Crippen molar-refractivity contribution in [3.8, 4) is 23.0 Å². The summed E-state index contributed by atoms with van der Waals surface area (Å²) in [6, 6.07) is 23.6. The molecule has 0 aliphatic heterocycles. The van der Waals surface area contributed by atoms with Crippen molar-refractivity contribution >= 4 is 39.9 Å². The molecule has 0 saturated carbocycles. The smallest absolute Gasteiger partial charge is 0.255 e. The largest absolute Gasteiger partial charge is 0.493 e. The summed E-state index contributed by atoms with van der Waals surface area (Å²) in [7, 11) is 3.17. The molecule has 0 aliphatic rings. The standard InChI is InChI=1S/C30H25ClN4O4/c1-37-27-16-24-25(17-28(27)38-2)32-15-13-26(24)39-22-11-9-21(10-12-22)35-29-23(4-3-14-33-29)30(36)34-18-19-5-7-20(31)8-6-19/h3-17H,18H2,1-2H3,(H,33,35)(H,34,36). The molecule has 1 amide bonds. The third-order valence-corrected chi connectivity index (χ3v) is 6.22. The molecule has 0 bridgehead atoms. The summed E-state index contributed by atoms with van der Waals surface area (Å²) >= 11 is 5.94. The van der Waals surface area contributed by atoms with Gasteiger partial charge in [-0.1, -0.05) is 23.7 Å². The number of ether oxygens (including phenoxy) is 3. The molecular weight excluding hydrogens is 516 g/mol. The summed E-state index contributed by atoms with van der Waals surface area (Å²) in [5.74, 6) is 2.65. The Morgan fingerprint density at radius 2 is 1.59 bits per heavy atom. The molecule has 8 nitrogen and oxygen atoms in total. The molecule has 3 aromatic carbocycles. The average Bonchev–Trinajstić information content (AvgIpc) is 2.97. The molecule has 196 valence electrons. The van der Waals surface area contributed by atoms with Gasteiger partial charge in [-0.25, -0.2) is 4.98 Å². The number of carbonyl (C=O) groups is 1. The number of halogens is 1. The number of amides is 1. The topological polar surface area (TPSA) is 94.6 Å². The van der Waals surface area contributed by atoms with Gasteiger partial charge in [0.2, 0.25) is 0 Å². The van der Waals surface area contributed by atoms with Crippen LogP contribution < -0.4 is 24.8 Å². The molecule has 0 atom stereocenters. The maximum absolute atomic E-state index is 12.9. The third kappa shape index (κ3) is 6.02. The predicted molar refractivity (Wildman–Crippen MR) is 152 cm³/mol. The first-order chi connectivity index (χ1) is 19.0. The number of anilines is 2. The Kier molecular flexibility index (Phi) is 7.75. The Hall–Kier alpha value is -4.82. The zero-order valence-corrected chi connectivity index (χ0v) is 22.0. The zero-order valence-electron chi connectivity index (χ0n) is 21.3. The number of nitrogens with zero attached hydrogens (tertiary/aromatic N) is 2. The van der Waals surface area contributed by atoms with Gasteiger partial charge < -0.3 is 24.8 Å². The number of rotatable bonds is 9. The molecule has 2 aromatic heterocycles. The number of carbonyl (C=O) groups excluding carboxylic acids is 1. The molecule has 5 aromatic rings. The first kappa shape index (κ1) is 25.8. The Bertz CT molecular complexity index is 1610. The Morgan fingerprint density at radius 1 is 0.846 bits per heavy atom. The van der Waals surface area contributed by atoms with Gasteiger partial charge in [0.05, 0.1) is 25.3 Å². The van der Waals surface area contributed by atoms with Crippen molar-refractivity contribution in [3.05, 3.63) is 107 Å². The highest BCUT2D eigenvalue weighted by atomic mass is 35.5. The lowest BCUT2D eigenvalue weighted by atomic mass is 10.2. The number of hydrogen-bond donors (Lipinski definition) is 2. The van der Waals surface area contributed by atoms with Crippen LogP contribution in [0.1, 0.15) is 15.9 Å². The van der Waals surface area contributed by atoms with Crippen molar-refractivity contribution in [2.45, 2.75) is 6.54 Å². The molecule has 5 rings (SSSR count). The van der Waals surface area contributed by atoms with E-state index in [0.717, 1.165) is 22.2 Å². The lowest BCUT2D eigenvalue weighted by molar-refractivity contribution is 0.0951. The van der Waals surface area contributed by atoms with Crippen LogP contribution in [0.25, 0.3) is 10.9 Å². The van der Waals surface area contributed by atoms with Crippen LogP contribution in [0, 0.1) is 0 Å². The monoisotopic (exact) mass is 540 g/mol. The van der Waals surface area contributed by atoms with E-state index in [9.17, 15) is 4.79 Å². The number of pyridine rings is 2. The molecule has 39 heavy (non-hydrogen) atoms. The molecule has 0 unspecified atom stereocenters. The second kappa shape index (κ2) is 11.7. The fourth-order valence-corrected chi connectivity index (χ4v) is 4.10. The second-order valence-electron chi connectivity index (χ2n) is 8.49. The van der Waals surface area contributed by atoms with E-state index >= 15 is 0 Å². The Morgan fingerprint density at radius 3 is 2.33 bits per heavy atom. The molecule has 0 saturated heterocycles. The van der Waals surface area contributed by atoms with Gasteiger partial charge in [-0.15, -0.1) is 0 Å². The zero-order chi connectivity index (χ0) is 27.2. The summed E-state index contributed by atoms with van der Waals surface area (Å²) in [6.45, 7) is 0.374. The van der Waals surface area contributed by atoms with Gasteiger partial charge in [-0.05, 0) is 66.2 Å². The fraction of sp³-hybridized carbons (Fsp3) is 0.100. The first-order valence-electron chi connectivity index (χ1n) is 12.1. The van der Waals surface area contributed by atoms with Crippen LogP contribution in [0.2, 0.25) is 5.02 Å². The minimum atomic E-state index is -0.239. The van der Waals surface area contributed by atoms with Crippen LogP contribution in [-0.2, 0) is 6.54 Å². The summed E-state index contributed by atoms with van der Waals surface area (Å²) < 4.78 is 17.0. The fourth-order valence-electron chi connectivity index (χ4n) is 3.97. The Balaban J connectivity index is 1.29. The molecule has 2 N–H and O–H groups in total. The molecular formula is C30H25ClN4O4. The first-order valence-corrected chi connectivity index (χ1v) is 12.4. The van der Waals surface area contributed by atoms with E-state index in [1.807, 2.05) is 48.5 Å². The van der Waals surface area contributed by atoms with Gasteiger partial charge in [-0.2, -0.15) is 0 Å². The highest BCUT2D eigenvalue weighted by Crippen LogP contribution is 2.37. The second-order valence-corrected chi connectivity index (χ2v) is 8.93. The molecule has 0 aliphatic carbocycles. The van der Waals surface area contributed by atoms with E-state index in [4.69, 9.17) is 25.8 Å². The Labute approximate surface area is 230 Å². The number of fused-ring (bicyclic) bond motifs is 1. The van der Waals surface area contributed by atoms with E-state index in [0.29, 0.717) is 45.9 Å². The quantitative estimate of drug-likeness (QED) is 0.213. The van der Waals surface area contributed by atoms with Crippen molar-refractivity contribution in [1.29, 1.82) is 0 Å². The van der Waals surface area contributed by atoms with E-state index in [2.05, 4.69) is 20.6 Å². The van der Waals surface area contributed by atoms with Crippen LogP contribution in [-0.4, -0.2) is 30.1 Å². The minimum Gasteiger partial charge on any atom is -0.493 e. The number of hydrogen-bond acceptors (Lipinski definition) is 7. The van der Waals surface area contributed by atoms with Crippen LogP contribution in [0.3, 0.4) is 0 Å². The van der Waals surface area contributed by atoms with E-state index in [1.54, 1.807) is 56.9 Å². The minimum absolute atomic E-state index is 0.239. The number of nitrogens with one attached hydrogen (secondary N) is 2. The average molecular weight is 541 g/mol. The van der Waals surface area contributed by atoms with Crippen molar-refractivity contribution in [3.63, 3.8) is 0 Å². The van der Waals surface area contributed by atoms with E-state index in [1.165, 1.54) is 0 Å². The van der Waals surface area contributed by atoms with Crippen molar-refractivity contribution < 1.29 is 19.0 Å². The number of methoxy groups -OCH3 is 2. The van der Waals surface area contributed by atoms with Gasteiger partial charge >= 0.3 is 0 Å². The predicted octanol–water partition coefficient (Wildman–Crippen LogP) is 6.77. The number of aromatic nitrogens is 2. The van der Waals surface area contributed by atoms with Gasteiger partial charge in [-0.3, -0.25) is 9.78 Å².